The quantitative estimate of drug-likeness (QED) is 0.303. The van der Waals surface area contributed by atoms with Crippen LogP contribution in [0, 0.1) is 0 Å². The monoisotopic (exact) mass is 549 g/mol. The van der Waals surface area contributed by atoms with Crippen molar-refractivity contribution in [2.24, 2.45) is 0 Å². The molecule has 0 atom stereocenters. The average Bonchev–Trinajstić information content (AvgIpc) is 3.37. The van der Waals surface area contributed by atoms with Gasteiger partial charge in [0.1, 0.15) is 11.5 Å². The second-order valence-electron chi connectivity index (χ2n) is 10.3. The minimum Gasteiger partial charge on any atom is -0.508 e. The molecule has 0 bridgehead atoms. The Kier molecular flexibility index (Phi) is 9.38. The second kappa shape index (κ2) is 12.9. The summed E-state index contributed by atoms with van der Waals surface area (Å²) < 4.78 is 1.63. The SMILES string of the molecule is CCNC(=O)c1nnc(-c2cc(C(C)C)c(O)cc2O)n1-c1ccc(CN2CCN(C(=O)CCNC)CC2)cc1. The zero-order valence-corrected chi connectivity index (χ0v) is 23.6. The summed E-state index contributed by atoms with van der Waals surface area (Å²) in [5.41, 5.74) is 2.79. The molecule has 4 N–H and O–H groups in total. The second-order valence-corrected chi connectivity index (χ2v) is 10.3. The molecule has 1 aliphatic heterocycles. The number of phenols is 2. The van der Waals surface area contributed by atoms with E-state index < -0.39 is 0 Å². The van der Waals surface area contributed by atoms with Gasteiger partial charge in [0, 0.05) is 64.0 Å². The Morgan fingerprint density at radius 2 is 1.70 bits per heavy atom. The number of rotatable bonds is 10. The van der Waals surface area contributed by atoms with Crippen LogP contribution in [0.5, 0.6) is 11.5 Å². The Morgan fingerprint density at radius 1 is 1.00 bits per heavy atom. The summed E-state index contributed by atoms with van der Waals surface area (Å²) in [6.07, 6.45) is 0.516. The number of aromatic nitrogens is 3. The van der Waals surface area contributed by atoms with Gasteiger partial charge in [-0.25, -0.2) is 0 Å². The molecule has 1 aromatic heterocycles. The number of carbonyl (C=O) groups is 2. The first-order valence-electron chi connectivity index (χ1n) is 13.8. The summed E-state index contributed by atoms with van der Waals surface area (Å²) in [5, 5.41) is 35.3. The molecule has 2 aromatic carbocycles. The lowest BCUT2D eigenvalue weighted by Crippen LogP contribution is -2.48. The number of hydrogen-bond acceptors (Lipinski definition) is 8. The number of phenolic OH excluding ortho intramolecular Hbond substituents is 2. The molecule has 0 unspecified atom stereocenters. The van der Waals surface area contributed by atoms with Crippen molar-refractivity contribution >= 4 is 11.8 Å². The van der Waals surface area contributed by atoms with E-state index in [9.17, 15) is 19.8 Å². The van der Waals surface area contributed by atoms with Gasteiger partial charge >= 0.3 is 0 Å². The van der Waals surface area contributed by atoms with Gasteiger partial charge in [0.15, 0.2) is 5.82 Å². The molecular formula is C29H39N7O4. The number of aromatic hydroxyl groups is 2. The van der Waals surface area contributed by atoms with Gasteiger partial charge in [0.05, 0.1) is 5.56 Å². The number of benzene rings is 2. The van der Waals surface area contributed by atoms with Gasteiger partial charge in [-0.15, -0.1) is 10.2 Å². The van der Waals surface area contributed by atoms with Crippen LogP contribution < -0.4 is 10.6 Å². The Balaban J connectivity index is 1.58. The molecule has 0 aliphatic carbocycles. The van der Waals surface area contributed by atoms with Crippen molar-refractivity contribution in [3.05, 3.63) is 53.3 Å². The molecule has 11 nitrogen and oxygen atoms in total. The van der Waals surface area contributed by atoms with E-state index in [1.54, 1.807) is 10.6 Å². The molecule has 0 radical (unpaired) electrons. The lowest BCUT2D eigenvalue weighted by atomic mass is 9.98. The standard InChI is InChI=1S/C29H39N7O4/c1-5-31-29(40)28-33-32-27(23-16-22(19(2)3)24(37)17-25(23)38)36(28)21-8-6-20(7-9-21)18-34-12-14-35(15-13-34)26(39)10-11-30-4/h6-9,16-17,19,30,37-38H,5,10-15,18H2,1-4H3,(H,31,40). The topological polar surface area (TPSA) is 136 Å². The highest BCUT2D eigenvalue weighted by molar-refractivity contribution is 5.92. The van der Waals surface area contributed by atoms with Crippen LogP contribution in [0.3, 0.4) is 0 Å². The zero-order chi connectivity index (χ0) is 28.8. The minimum atomic E-state index is -0.380. The predicted octanol–water partition coefficient (Wildman–Crippen LogP) is 2.47. The van der Waals surface area contributed by atoms with E-state index in [1.807, 2.05) is 57.0 Å². The lowest BCUT2D eigenvalue weighted by molar-refractivity contribution is -0.132. The molecule has 1 aliphatic rings. The van der Waals surface area contributed by atoms with Crippen LogP contribution in [-0.4, -0.2) is 92.9 Å². The van der Waals surface area contributed by atoms with Gasteiger partial charge in [-0.05, 0) is 49.2 Å². The van der Waals surface area contributed by atoms with Crippen LogP contribution in [0.1, 0.15) is 54.9 Å². The number of nitrogens with one attached hydrogen (secondary N) is 2. The van der Waals surface area contributed by atoms with Gasteiger partial charge in [-0.3, -0.25) is 19.1 Å². The molecule has 1 fully saturated rings. The Morgan fingerprint density at radius 3 is 2.33 bits per heavy atom. The molecule has 0 spiro atoms. The highest BCUT2D eigenvalue weighted by Crippen LogP contribution is 2.38. The van der Waals surface area contributed by atoms with Gasteiger partial charge in [0.25, 0.3) is 5.91 Å². The third-order valence-corrected chi connectivity index (χ3v) is 7.13. The van der Waals surface area contributed by atoms with Crippen LogP contribution in [0.2, 0.25) is 0 Å². The van der Waals surface area contributed by atoms with E-state index in [1.165, 1.54) is 6.07 Å². The summed E-state index contributed by atoms with van der Waals surface area (Å²) >= 11 is 0. The molecule has 1 saturated heterocycles. The summed E-state index contributed by atoms with van der Waals surface area (Å²) in [4.78, 5) is 29.4. The maximum absolute atomic E-state index is 12.9. The zero-order valence-electron chi connectivity index (χ0n) is 23.6. The Labute approximate surface area is 234 Å². The van der Waals surface area contributed by atoms with E-state index in [0.29, 0.717) is 42.1 Å². The molecule has 40 heavy (non-hydrogen) atoms. The molecule has 2 heterocycles. The summed E-state index contributed by atoms with van der Waals surface area (Å²) in [6.45, 7) is 10.6. The fraction of sp³-hybridized carbons (Fsp3) is 0.448. The Hall–Kier alpha value is -3.96. The smallest absolute Gasteiger partial charge is 0.289 e. The Bertz CT molecular complexity index is 1330. The maximum atomic E-state index is 12.9. The molecule has 4 rings (SSSR count). The molecule has 2 amide bonds. The van der Waals surface area contributed by atoms with E-state index in [-0.39, 0.29) is 35.1 Å². The molecule has 3 aromatic rings. The van der Waals surface area contributed by atoms with Crippen molar-refractivity contribution in [2.75, 3.05) is 46.3 Å². The normalized spacial score (nSPS) is 14.1. The number of nitrogens with zero attached hydrogens (tertiary/aromatic N) is 5. The third kappa shape index (κ3) is 6.43. The first kappa shape index (κ1) is 29.0. The molecule has 0 saturated carbocycles. The van der Waals surface area contributed by atoms with Crippen molar-refractivity contribution in [2.45, 2.75) is 39.7 Å². The van der Waals surface area contributed by atoms with E-state index in [2.05, 4.69) is 25.7 Å². The number of hydrogen-bond donors (Lipinski definition) is 4. The summed E-state index contributed by atoms with van der Waals surface area (Å²) in [7, 11) is 1.85. The predicted molar refractivity (Wildman–Crippen MR) is 153 cm³/mol. The van der Waals surface area contributed by atoms with Crippen LogP contribution >= 0.6 is 0 Å². The number of carbonyl (C=O) groups excluding carboxylic acids is 2. The number of piperazine rings is 1. The minimum absolute atomic E-state index is 0.00113. The van der Waals surface area contributed by atoms with Gasteiger partial charge in [-0.1, -0.05) is 26.0 Å². The van der Waals surface area contributed by atoms with Crippen LogP contribution in [0.15, 0.2) is 36.4 Å². The van der Waals surface area contributed by atoms with Crippen LogP contribution in [0.4, 0.5) is 0 Å². The fourth-order valence-corrected chi connectivity index (χ4v) is 4.88. The van der Waals surface area contributed by atoms with Crippen LogP contribution in [0.25, 0.3) is 17.1 Å². The largest absolute Gasteiger partial charge is 0.508 e. The van der Waals surface area contributed by atoms with Crippen molar-refractivity contribution < 1.29 is 19.8 Å². The van der Waals surface area contributed by atoms with E-state index in [4.69, 9.17) is 0 Å². The van der Waals surface area contributed by atoms with E-state index in [0.717, 1.165) is 38.3 Å². The van der Waals surface area contributed by atoms with Crippen molar-refractivity contribution in [3.8, 4) is 28.6 Å². The third-order valence-electron chi connectivity index (χ3n) is 7.13. The van der Waals surface area contributed by atoms with Crippen molar-refractivity contribution in [3.63, 3.8) is 0 Å². The number of amides is 2. The molecular weight excluding hydrogens is 510 g/mol. The highest BCUT2D eigenvalue weighted by atomic mass is 16.3. The highest BCUT2D eigenvalue weighted by Gasteiger charge is 2.25. The van der Waals surface area contributed by atoms with Crippen LogP contribution in [-0.2, 0) is 11.3 Å². The summed E-state index contributed by atoms with van der Waals surface area (Å²) in [6, 6.07) is 10.8. The van der Waals surface area contributed by atoms with Gasteiger partial charge in [0.2, 0.25) is 11.7 Å². The molecule has 214 valence electrons. The lowest BCUT2D eigenvalue weighted by Gasteiger charge is -2.34. The van der Waals surface area contributed by atoms with Crippen molar-refractivity contribution in [1.82, 2.24) is 35.2 Å². The van der Waals surface area contributed by atoms with Gasteiger partial charge < -0.3 is 25.7 Å². The first-order valence-corrected chi connectivity index (χ1v) is 13.8. The van der Waals surface area contributed by atoms with Crippen molar-refractivity contribution in [1.29, 1.82) is 0 Å². The van der Waals surface area contributed by atoms with E-state index >= 15 is 0 Å². The van der Waals surface area contributed by atoms with Gasteiger partial charge in [-0.2, -0.15) is 0 Å². The average molecular weight is 550 g/mol. The fourth-order valence-electron chi connectivity index (χ4n) is 4.88. The summed E-state index contributed by atoms with van der Waals surface area (Å²) in [5.74, 6) is 0.0545. The maximum Gasteiger partial charge on any atom is 0.289 e. The molecule has 11 heteroatoms. The first-order chi connectivity index (χ1) is 19.2.